The highest BCUT2D eigenvalue weighted by Crippen LogP contribution is 2.42. The SMILES string of the molecule is CCO/C(O[Si](C)(C)C)=C1\CC(C(C)(C)C)CC=C1O[Si](C)(C)C. The number of rotatable bonds is 6. The average molecular weight is 371 g/mol. The molecule has 0 radical (unpaired) electrons. The molecule has 0 spiro atoms. The Morgan fingerprint density at radius 2 is 1.67 bits per heavy atom. The van der Waals surface area contributed by atoms with Crippen molar-refractivity contribution in [2.75, 3.05) is 6.61 Å². The summed E-state index contributed by atoms with van der Waals surface area (Å²) in [5, 5.41) is 0. The minimum Gasteiger partial charge on any atom is -0.544 e. The lowest BCUT2D eigenvalue weighted by Crippen LogP contribution is -2.32. The molecule has 140 valence electrons. The molecule has 1 rings (SSSR count). The molecule has 0 aromatic carbocycles. The highest BCUT2D eigenvalue weighted by atomic mass is 28.4. The van der Waals surface area contributed by atoms with Crippen molar-refractivity contribution in [2.45, 2.75) is 79.8 Å². The highest BCUT2D eigenvalue weighted by Gasteiger charge is 2.34. The van der Waals surface area contributed by atoms with Crippen LogP contribution in [-0.4, -0.2) is 23.2 Å². The predicted octanol–water partition coefficient (Wildman–Crippen LogP) is 6.28. The summed E-state index contributed by atoms with van der Waals surface area (Å²) < 4.78 is 18.7. The predicted molar refractivity (Wildman–Crippen MR) is 108 cm³/mol. The molecular weight excluding hydrogens is 332 g/mol. The molecule has 0 aromatic heterocycles. The van der Waals surface area contributed by atoms with Gasteiger partial charge >= 0.3 is 0 Å². The molecule has 3 nitrogen and oxygen atoms in total. The fourth-order valence-corrected chi connectivity index (χ4v) is 4.27. The van der Waals surface area contributed by atoms with E-state index in [0.29, 0.717) is 18.5 Å². The molecule has 0 N–H and O–H groups in total. The Morgan fingerprint density at radius 3 is 2.08 bits per heavy atom. The third kappa shape index (κ3) is 7.05. The van der Waals surface area contributed by atoms with Crippen LogP contribution < -0.4 is 0 Å². The van der Waals surface area contributed by atoms with Crippen LogP contribution in [0.25, 0.3) is 0 Å². The molecule has 24 heavy (non-hydrogen) atoms. The first-order valence-corrected chi connectivity index (χ1v) is 16.0. The lowest BCUT2D eigenvalue weighted by molar-refractivity contribution is 0.101. The molecule has 1 unspecified atom stereocenters. The Labute approximate surface area is 151 Å². The second kappa shape index (κ2) is 7.69. The van der Waals surface area contributed by atoms with Crippen LogP contribution in [0.5, 0.6) is 0 Å². The van der Waals surface area contributed by atoms with Crippen molar-refractivity contribution < 1.29 is 13.6 Å². The van der Waals surface area contributed by atoms with E-state index in [-0.39, 0.29) is 5.41 Å². The molecule has 0 fully saturated rings. The Kier molecular flexibility index (Phi) is 6.84. The summed E-state index contributed by atoms with van der Waals surface area (Å²) in [6.07, 6.45) is 4.28. The van der Waals surface area contributed by atoms with Gasteiger partial charge in [0.1, 0.15) is 5.76 Å². The first-order valence-electron chi connectivity index (χ1n) is 9.17. The molecule has 0 bridgehead atoms. The fraction of sp³-hybridized carbons (Fsp3) is 0.789. The summed E-state index contributed by atoms with van der Waals surface area (Å²) in [7, 11) is -3.44. The van der Waals surface area contributed by atoms with Crippen LogP contribution in [0.15, 0.2) is 23.4 Å². The molecule has 5 heteroatoms. The second-order valence-electron chi connectivity index (χ2n) is 9.70. The van der Waals surface area contributed by atoms with E-state index in [1.165, 1.54) is 0 Å². The van der Waals surface area contributed by atoms with Gasteiger partial charge in [-0.15, -0.1) is 0 Å². The van der Waals surface area contributed by atoms with Gasteiger partial charge in [0.15, 0.2) is 0 Å². The third-order valence-corrected chi connectivity index (χ3v) is 5.53. The minimum absolute atomic E-state index is 0.253. The molecule has 0 heterocycles. The molecule has 0 saturated heterocycles. The number of hydrogen-bond donors (Lipinski definition) is 0. The Balaban J connectivity index is 3.32. The van der Waals surface area contributed by atoms with E-state index in [1.54, 1.807) is 0 Å². The smallest absolute Gasteiger partial charge is 0.272 e. The van der Waals surface area contributed by atoms with Gasteiger partial charge < -0.3 is 13.6 Å². The molecule has 0 aliphatic heterocycles. The van der Waals surface area contributed by atoms with E-state index < -0.39 is 16.6 Å². The highest BCUT2D eigenvalue weighted by molar-refractivity contribution is 6.70. The zero-order valence-electron chi connectivity index (χ0n) is 17.5. The largest absolute Gasteiger partial charge is 0.544 e. The normalized spacial score (nSPS) is 21.9. The van der Waals surface area contributed by atoms with E-state index in [2.05, 4.69) is 66.1 Å². The van der Waals surface area contributed by atoms with Gasteiger partial charge in [0, 0.05) is 0 Å². The van der Waals surface area contributed by atoms with Gasteiger partial charge in [-0.1, -0.05) is 20.8 Å². The van der Waals surface area contributed by atoms with Gasteiger partial charge in [-0.25, -0.2) is 0 Å². The van der Waals surface area contributed by atoms with Gasteiger partial charge in [-0.2, -0.15) is 0 Å². The summed E-state index contributed by atoms with van der Waals surface area (Å²) >= 11 is 0. The third-order valence-electron chi connectivity index (χ3n) is 3.90. The minimum atomic E-state index is -1.75. The van der Waals surface area contributed by atoms with Crippen molar-refractivity contribution in [1.82, 2.24) is 0 Å². The Morgan fingerprint density at radius 1 is 1.08 bits per heavy atom. The Bertz CT molecular complexity index is 488. The van der Waals surface area contributed by atoms with Crippen molar-refractivity contribution in [1.29, 1.82) is 0 Å². The van der Waals surface area contributed by atoms with Gasteiger partial charge in [-0.05, 0) is 76.5 Å². The quantitative estimate of drug-likeness (QED) is 0.407. The summed E-state index contributed by atoms with van der Waals surface area (Å²) in [6, 6.07) is 0. The molecule has 0 aromatic rings. The number of hydrogen-bond acceptors (Lipinski definition) is 3. The first-order chi connectivity index (χ1) is 10.7. The summed E-state index contributed by atoms with van der Waals surface area (Å²) in [4.78, 5) is 0. The van der Waals surface area contributed by atoms with Crippen molar-refractivity contribution in [3.63, 3.8) is 0 Å². The van der Waals surface area contributed by atoms with E-state index in [9.17, 15) is 0 Å². The Hall–Kier alpha value is -0.686. The summed E-state index contributed by atoms with van der Waals surface area (Å²) in [5.74, 6) is 2.27. The topological polar surface area (TPSA) is 27.7 Å². The molecular formula is C19H38O3Si2. The maximum atomic E-state index is 6.39. The molecule has 0 amide bonds. The van der Waals surface area contributed by atoms with Gasteiger partial charge in [0.25, 0.3) is 5.95 Å². The van der Waals surface area contributed by atoms with Crippen LogP contribution in [0, 0.1) is 11.3 Å². The first kappa shape index (κ1) is 21.4. The van der Waals surface area contributed by atoms with Crippen LogP contribution in [-0.2, 0) is 13.6 Å². The zero-order chi connectivity index (χ0) is 18.8. The number of ether oxygens (including phenoxy) is 1. The van der Waals surface area contributed by atoms with E-state index in [0.717, 1.165) is 24.2 Å². The molecule has 1 atom stereocenters. The van der Waals surface area contributed by atoms with Gasteiger partial charge in [-0.3, -0.25) is 0 Å². The summed E-state index contributed by atoms with van der Waals surface area (Å²) in [5.41, 5.74) is 1.39. The summed E-state index contributed by atoms with van der Waals surface area (Å²) in [6.45, 7) is 22.8. The second-order valence-corrected chi connectivity index (χ2v) is 18.6. The van der Waals surface area contributed by atoms with Crippen LogP contribution in [0.3, 0.4) is 0 Å². The average Bonchev–Trinajstić information content (AvgIpc) is 2.33. The van der Waals surface area contributed by atoms with E-state index in [1.807, 2.05) is 6.92 Å². The van der Waals surface area contributed by atoms with Gasteiger partial charge in [0.05, 0.1) is 12.2 Å². The standard InChI is InChI=1S/C19H38O3Si2/c1-11-20-18(22-24(8,9)10)16-14-15(19(2,3)4)12-13-17(16)21-23(5,6)7/h13,15H,11-12,14H2,1-10H3/b18-16-. The lowest BCUT2D eigenvalue weighted by Gasteiger charge is -2.37. The maximum absolute atomic E-state index is 6.39. The van der Waals surface area contributed by atoms with Crippen LogP contribution in [0.2, 0.25) is 39.3 Å². The van der Waals surface area contributed by atoms with Crippen LogP contribution in [0.4, 0.5) is 0 Å². The van der Waals surface area contributed by atoms with Crippen molar-refractivity contribution in [3.8, 4) is 0 Å². The molecule has 0 saturated carbocycles. The van der Waals surface area contributed by atoms with Gasteiger partial charge in [0.2, 0.25) is 16.6 Å². The van der Waals surface area contributed by atoms with Crippen molar-refractivity contribution >= 4 is 16.6 Å². The number of allylic oxidation sites excluding steroid dienone is 2. The fourth-order valence-electron chi connectivity index (χ4n) is 2.67. The van der Waals surface area contributed by atoms with E-state index in [4.69, 9.17) is 13.6 Å². The maximum Gasteiger partial charge on any atom is 0.272 e. The monoisotopic (exact) mass is 370 g/mol. The lowest BCUT2D eigenvalue weighted by atomic mass is 9.73. The van der Waals surface area contributed by atoms with Crippen molar-refractivity contribution in [3.05, 3.63) is 23.4 Å². The molecule has 1 aliphatic carbocycles. The van der Waals surface area contributed by atoms with Crippen LogP contribution in [0.1, 0.15) is 40.5 Å². The van der Waals surface area contributed by atoms with Crippen LogP contribution >= 0.6 is 0 Å². The van der Waals surface area contributed by atoms with E-state index >= 15 is 0 Å². The molecule has 1 aliphatic rings. The van der Waals surface area contributed by atoms with Crippen molar-refractivity contribution in [2.24, 2.45) is 11.3 Å². The zero-order valence-corrected chi connectivity index (χ0v) is 19.5.